The van der Waals surface area contributed by atoms with E-state index in [0.29, 0.717) is 32.3 Å². The number of piperazine rings is 1. The maximum atomic E-state index is 12.8. The summed E-state index contributed by atoms with van der Waals surface area (Å²) in [5.74, 6) is 1.36. The normalized spacial score (nSPS) is 14.5. The fourth-order valence-electron chi connectivity index (χ4n) is 4.67. The lowest BCUT2D eigenvalue weighted by Gasteiger charge is -2.43. The SMILES string of the molecule is COc1cc(N2CCN(C(C)(C)C)CC2)ccc1Nc1nc(Oc2c(Cl)cccc2Cl)cc2cn[nH]c(=O)c12. The van der Waals surface area contributed by atoms with E-state index >= 15 is 0 Å². The molecule has 0 atom stereocenters. The van der Waals surface area contributed by atoms with Crippen molar-refractivity contribution in [2.24, 2.45) is 0 Å². The first-order chi connectivity index (χ1) is 18.6. The van der Waals surface area contributed by atoms with Crippen LogP contribution in [-0.2, 0) is 0 Å². The second kappa shape index (κ2) is 10.9. The summed E-state index contributed by atoms with van der Waals surface area (Å²) in [6, 6.07) is 12.6. The predicted molar refractivity (Wildman–Crippen MR) is 157 cm³/mol. The Morgan fingerprint density at radius 1 is 1.03 bits per heavy atom. The van der Waals surface area contributed by atoms with Gasteiger partial charge in [-0.1, -0.05) is 29.3 Å². The summed E-state index contributed by atoms with van der Waals surface area (Å²) in [7, 11) is 1.61. The van der Waals surface area contributed by atoms with E-state index in [0.717, 1.165) is 31.9 Å². The summed E-state index contributed by atoms with van der Waals surface area (Å²) in [4.78, 5) is 22.2. The molecule has 0 amide bonds. The molecule has 204 valence electrons. The topological polar surface area (TPSA) is 95.6 Å². The zero-order chi connectivity index (χ0) is 27.7. The zero-order valence-electron chi connectivity index (χ0n) is 22.2. The van der Waals surface area contributed by atoms with Gasteiger partial charge in [0, 0.05) is 54.9 Å². The number of pyridine rings is 1. The number of H-pyrrole nitrogens is 1. The van der Waals surface area contributed by atoms with Crippen LogP contribution in [0.15, 0.2) is 53.5 Å². The van der Waals surface area contributed by atoms with Crippen LogP contribution in [0.1, 0.15) is 20.8 Å². The third-order valence-electron chi connectivity index (χ3n) is 6.78. The van der Waals surface area contributed by atoms with E-state index in [1.54, 1.807) is 31.4 Å². The van der Waals surface area contributed by atoms with Gasteiger partial charge in [0.1, 0.15) is 11.6 Å². The number of hydrogen-bond acceptors (Lipinski definition) is 8. The second-order valence-corrected chi connectivity index (χ2v) is 11.1. The number of hydrogen-bond donors (Lipinski definition) is 2. The molecular formula is C28H30Cl2N6O3. The van der Waals surface area contributed by atoms with Crippen LogP contribution >= 0.6 is 23.2 Å². The van der Waals surface area contributed by atoms with Crippen molar-refractivity contribution in [1.29, 1.82) is 0 Å². The molecule has 1 saturated heterocycles. The van der Waals surface area contributed by atoms with Gasteiger partial charge in [0.05, 0.1) is 34.4 Å². The lowest BCUT2D eigenvalue weighted by Crippen LogP contribution is -2.53. The van der Waals surface area contributed by atoms with E-state index < -0.39 is 5.56 Å². The van der Waals surface area contributed by atoms with Gasteiger partial charge in [-0.15, -0.1) is 0 Å². The minimum absolute atomic E-state index is 0.149. The summed E-state index contributed by atoms with van der Waals surface area (Å²) in [5, 5.41) is 11.2. The highest BCUT2D eigenvalue weighted by Crippen LogP contribution is 2.38. The molecule has 1 fully saturated rings. The van der Waals surface area contributed by atoms with Crippen molar-refractivity contribution >= 4 is 51.2 Å². The molecule has 1 aliphatic heterocycles. The molecule has 3 heterocycles. The van der Waals surface area contributed by atoms with Gasteiger partial charge in [0.15, 0.2) is 5.75 Å². The molecule has 0 bridgehead atoms. The number of nitrogens with one attached hydrogen (secondary N) is 2. The van der Waals surface area contributed by atoms with Crippen molar-refractivity contribution in [2.45, 2.75) is 26.3 Å². The average molecular weight is 569 g/mol. The third kappa shape index (κ3) is 5.75. The van der Waals surface area contributed by atoms with Crippen molar-refractivity contribution in [2.75, 3.05) is 43.5 Å². The predicted octanol–water partition coefficient (Wildman–Crippen LogP) is 6.09. The van der Waals surface area contributed by atoms with E-state index in [1.165, 1.54) is 6.20 Å². The standard InChI is InChI=1S/C28H30Cl2N6O3/c1-28(2,3)36-12-10-35(11-13-36)18-8-9-21(22(15-18)38-4)32-26-24-17(16-31-34-27(24)37)14-23(33-26)39-25-19(29)6-5-7-20(25)30/h5-9,14-16H,10-13H2,1-4H3,(H,32,33)(H,34,37). The monoisotopic (exact) mass is 568 g/mol. The molecule has 0 radical (unpaired) electrons. The van der Waals surface area contributed by atoms with E-state index in [2.05, 4.69) is 51.1 Å². The third-order valence-corrected chi connectivity index (χ3v) is 7.38. The molecule has 2 aromatic carbocycles. The van der Waals surface area contributed by atoms with Crippen LogP contribution in [0.5, 0.6) is 17.4 Å². The number of aromatic nitrogens is 3. The molecular weight excluding hydrogens is 539 g/mol. The molecule has 0 unspecified atom stereocenters. The Hall–Kier alpha value is -3.53. The molecule has 2 N–H and O–H groups in total. The fraction of sp³-hybridized carbons (Fsp3) is 0.321. The van der Waals surface area contributed by atoms with Crippen molar-refractivity contribution in [3.63, 3.8) is 0 Å². The molecule has 2 aromatic heterocycles. The highest BCUT2D eigenvalue weighted by Gasteiger charge is 2.26. The highest BCUT2D eigenvalue weighted by atomic mass is 35.5. The number of methoxy groups -OCH3 is 1. The summed E-state index contributed by atoms with van der Waals surface area (Å²) in [6.45, 7) is 10.6. The van der Waals surface area contributed by atoms with Crippen LogP contribution in [0.2, 0.25) is 10.0 Å². The van der Waals surface area contributed by atoms with Crippen LogP contribution in [0.25, 0.3) is 10.8 Å². The summed E-state index contributed by atoms with van der Waals surface area (Å²) in [5.41, 5.74) is 1.47. The van der Waals surface area contributed by atoms with E-state index in [1.807, 2.05) is 18.2 Å². The molecule has 0 saturated carbocycles. The van der Waals surface area contributed by atoms with Gasteiger partial charge in [-0.25, -0.2) is 5.10 Å². The summed E-state index contributed by atoms with van der Waals surface area (Å²) >= 11 is 12.6. The molecule has 11 heteroatoms. The van der Waals surface area contributed by atoms with Crippen molar-refractivity contribution in [3.05, 3.63) is 69.1 Å². The van der Waals surface area contributed by atoms with Crippen LogP contribution in [0.3, 0.4) is 0 Å². The number of benzene rings is 2. The van der Waals surface area contributed by atoms with Gasteiger partial charge >= 0.3 is 0 Å². The quantitative estimate of drug-likeness (QED) is 0.288. The molecule has 0 aliphatic carbocycles. The first-order valence-electron chi connectivity index (χ1n) is 12.6. The van der Waals surface area contributed by atoms with E-state index in [9.17, 15) is 4.79 Å². The Labute approximate surface area is 236 Å². The smallest absolute Gasteiger partial charge is 0.275 e. The van der Waals surface area contributed by atoms with Gasteiger partial charge in [-0.3, -0.25) is 9.69 Å². The van der Waals surface area contributed by atoms with Crippen LogP contribution in [-0.4, -0.2) is 58.9 Å². The lowest BCUT2D eigenvalue weighted by atomic mass is 10.0. The lowest BCUT2D eigenvalue weighted by molar-refractivity contribution is 0.128. The molecule has 9 nitrogen and oxygen atoms in total. The fourth-order valence-corrected chi connectivity index (χ4v) is 5.14. The maximum absolute atomic E-state index is 12.8. The van der Waals surface area contributed by atoms with E-state index in [-0.39, 0.29) is 23.0 Å². The van der Waals surface area contributed by atoms with Crippen molar-refractivity contribution < 1.29 is 9.47 Å². The van der Waals surface area contributed by atoms with E-state index in [4.69, 9.17) is 32.7 Å². The average Bonchev–Trinajstić information content (AvgIpc) is 2.90. The van der Waals surface area contributed by atoms with Gasteiger partial charge in [-0.05, 0) is 45.0 Å². The number of fused-ring (bicyclic) bond motifs is 1. The zero-order valence-corrected chi connectivity index (χ0v) is 23.7. The highest BCUT2D eigenvalue weighted by molar-refractivity contribution is 6.37. The van der Waals surface area contributed by atoms with Crippen LogP contribution in [0, 0.1) is 0 Å². The van der Waals surface area contributed by atoms with Crippen molar-refractivity contribution in [3.8, 4) is 17.4 Å². The minimum Gasteiger partial charge on any atom is -0.494 e. The molecule has 1 aliphatic rings. The maximum Gasteiger partial charge on any atom is 0.275 e. The Morgan fingerprint density at radius 2 is 1.74 bits per heavy atom. The largest absolute Gasteiger partial charge is 0.494 e. The van der Waals surface area contributed by atoms with Crippen molar-refractivity contribution in [1.82, 2.24) is 20.1 Å². The Morgan fingerprint density at radius 3 is 2.41 bits per heavy atom. The number of nitrogens with zero attached hydrogens (tertiary/aromatic N) is 4. The van der Waals surface area contributed by atoms with Gasteiger partial charge in [-0.2, -0.15) is 10.1 Å². The summed E-state index contributed by atoms with van der Waals surface area (Å²) < 4.78 is 11.7. The molecule has 5 rings (SSSR count). The summed E-state index contributed by atoms with van der Waals surface area (Å²) in [6.07, 6.45) is 1.53. The molecule has 4 aromatic rings. The second-order valence-electron chi connectivity index (χ2n) is 10.3. The van der Waals surface area contributed by atoms with Gasteiger partial charge < -0.3 is 19.7 Å². The number of para-hydroxylation sites is 1. The number of halogens is 2. The Balaban J connectivity index is 1.47. The number of aromatic amines is 1. The van der Waals surface area contributed by atoms with Gasteiger partial charge in [0.2, 0.25) is 5.88 Å². The molecule has 0 spiro atoms. The Bertz CT molecular complexity index is 1540. The first-order valence-corrected chi connectivity index (χ1v) is 13.3. The Kier molecular flexibility index (Phi) is 7.57. The number of ether oxygens (including phenoxy) is 2. The minimum atomic E-state index is -0.392. The number of anilines is 3. The van der Waals surface area contributed by atoms with Crippen LogP contribution < -0.4 is 25.2 Å². The number of rotatable bonds is 6. The first kappa shape index (κ1) is 27.1. The van der Waals surface area contributed by atoms with Crippen LogP contribution in [0.4, 0.5) is 17.2 Å². The molecule has 39 heavy (non-hydrogen) atoms. The van der Waals surface area contributed by atoms with Gasteiger partial charge in [0.25, 0.3) is 5.56 Å².